The van der Waals surface area contributed by atoms with Crippen molar-refractivity contribution in [1.82, 2.24) is 0 Å². The molecule has 1 aliphatic rings. The van der Waals surface area contributed by atoms with Gasteiger partial charge in [-0.05, 0) is 46.9 Å². The molecule has 0 amide bonds. The molecule has 1 atom stereocenters. The zero-order chi connectivity index (χ0) is 22.8. The largest absolute Gasteiger partial charge is 0.269 e. The van der Waals surface area contributed by atoms with E-state index in [1.165, 1.54) is 29.8 Å². The molecule has 0 N–H and O–H groups in total. The molecule has 0 spiro atoms. The third kappa shape index (κ3) is 4.20. The summed E-state index contributed by atoms with van der Waals surface area (Å²) in [5.74, 6) is 0.422. The average Bonchev–Trinajstić information content (AvgIpc) is 3.24. The Kier molecular flexibility index (Phi) is 5.68. The molecular formula is C24H22N4O4. The Morgan fingerprint density at radius 2 is 1.38 bits per heavy atom. The molecule has 0 saturated heterocycles. The Morgan fingerprint density at radius 3 is 1.88 bits per heavy atom. The SMILES string of the molecule is CC(C)c1ccc(C2CC(c3ccc([N+](=O)[O-])cc3)=NN2c2ccc([N+](=O)[O-])cc2)cc1. The van der Waals surface area contributed by atoms with Gasteiger partial charge in [0.1, 0.15) is 0 Å². The van der Waals surface area contributed by atoms with Crippen LogP contribution in [0.2, 0.25) is 0 Å². The van der Waals surface area contributed by atoms with Gasteiger partial charge in [0, 0.05) is 30.7 Å². The van der Waals surface area contributed by atoms with Crippen LogP contribution in [0.3, 0.4) is 0 Å². The second-order valence-corrected chi connectivity index (χ2v) is 8.01. The van der Waals surface area contributed by atoms with Gasteiger partial charge in [-0.15, -0.1) is 0 Å². The van der Waals surface area contributed by atoms with Crippen molar-refractivity contribution in [3.05, 3.63) is 110 Å². The van der Waals surface area contributed by atoms with Crippen LogP contribution >= 0.6 is 0 Å². The average molecular weight is 430 g/mol. The fourth-order valence-electron chi connectivity index (χ4n) is 3.79. The Hall–Kier alpha value is -4.07. The highest BCUT2D eigenvalue weighted by molar-refractivity contribution is 6.03. The van der Waals surface area contributed by atoms with Gasteiger partial charge in [0.15, 0.2) is 0 Å². The van der Waals surface area contributed by atoms with Gasteiger partial charge in [-0.3, -0.25) is 25.2 Å². The molecule has 32 heavy (non-hydrogen) atoms. The highest BCUT2D eigenvalue weighted by Crippen LogP contribution is 2.37. The molecule has 0 fully saturated rings. The lowest BCUT2D eigenvalue weighted by Crippen LogP contribution is -2.18. The summed E-state index contributed by atoms with van der Waals surface area (Å²) >= 11 is 0. The summed E-state index contributed by atoms with van der Waals surface area (Å²) in [6, 6.07) is 21.0. The van der Waals surface area contributed by atoms with E-state index in [2.05, 4.69) is 38.1 Å². The normalized spacial score (nSPS) is 15.7. The number of hydrogen-bond acceptors (Lipinski definition) is 6. The van der Waals surface area contributed by atoms with Gasteiger partial charge in [0.05, 0.1) is 27.3 Å². The molecule has 162 valence electrons. The van der Waals surface area contributed by atoms with Gasteiger partial charge >= 0.3 is 0 Å². The third-order valence-electron chi connectivity index (χ3n) is 5.63. The van der Waals surface area contributed by atoms with Crippen LogP contribution in [0.4, 0.5) is 17.1 Å². The van der Waals surface area contributed by atoms with E-state index in [9.17, 15) is 20.2 Å². The Labute approximate surface area is 185 Å². The zero-order valence-electron chi connectivity index (χ0n) is 17.7. The van der Waals surface area contributed by atoms with E-state index in [1.54, 1.807) is 24.3 Å². The first-order valence-electron chi connectivity index (χ1n) is 10.3. The molecule has 0 aliphatic carbocycles. The number of hydrazone groups is 1. The fraction of sp³-hybridized carbons (Fsp3) is 0.208. The first kappa shape index (κ1) is 21.2. The maximum atomic E-state index is 11.0. The number of nitro benzene ring substituents is 2. The summed E-state index contributed by atoms with van der Waals surface area (Å²) in [6.07, 6.45) is 0.607. The van der Waals surface area contributed by atoms with Crippen LogP contribution in [-0.4, -0.2) is 15.6 Å². The van der Waals surface area contributed by atoms with Gasteiger partial charge < -0.3 is 0 Å². The summed E-state index contributed by atoms with van der Waals surface area (Å²) in [5, 5.41) is 28.7. The van der Waals surface area contributed by atoms with Crippen molar-refractivity contribution in [3.63, 3.8) is 0 Å². The van der Waals surface area contributed by atoms with Crippen LogP contribution in [-0.2, 0) is 0 Å². The number of anilines is 1. The Morgan fingerprint density at radius 1 is 0.844 bits per heavy atom. The molecule has 3 aromatic rings. The number of nitro groups is 2. The minimum absolute atomic E-state index is 0.0188. The lowest BCUT2D eigenvalue weighted by Gasteiger charge is -2.24. The molecule has 8 nitrogen and oxygen atoms in total. The van der Waals surface area contributed by atoms with E-state index >= 15 is 0 Å². The molecule has 1 heterocycles. The van der Waals surface area contributed by atoms with E-state index in [-0.39, 0.29) is 17.4 Å². The lowest BCUT2D eigenvalue weighted by atomic mass is 9.95. The van der Waals surface area contributed by atoms with Gasteiger partial charge in [0.2, 0.25) is 0 Å². The van der Waals surface area contributed by atoms with E-state index in [0.717, 1.165) is 22.5 Å². The Bertz CT molecular complexity index is 1170. The fourth-order valence-corrected chi connectivity index (χ4v) is 3.79. The molecular weight excluding hydrogens is 408 g/mol. The lowest BCUT2D eigenvalue weighted by molar-refractivity contribution is -0.385. The maximum absolute atomic E-state index is 11.0. The number of benzene rings is 3. The van der Waals surface area contributed by atoms with Crippen LogP contribution in [0.1, 0.15) is 48.9 Å². The molecule has 0 aromatic heterocycles. The molecule has 0 saturated carbocycles. The Balaban J connectivity index is 1.71. The minimum atomic E-state index is -0.429. The van der Waals surface area contributed by atoms with Gasteiger partial charge in [-0.1, -0.05) is 38.1 Å². The van der Waals surface area contributed by atoms with Gasteiger partial charge in [-0.2, -0.15) is 5.10 Å². The molecule has 1 unspecified atom stereocenters. The van der Waals surface area contributed by atoms with E-state index < -0.39 is 9.85 Å². The van der Waals surface area contributed by atoms with Crippen LogP contribution in [0.25, 0.3) is 0 Å². The summed E-state index contributed by atoms with van der Waals surface area (Å²) < 4.78 is 0. The number of rotatable bonds is 6. The van der Waals surface area contributed by atoms with Crippen LogP contribution in [0, 0.1) is 20.2 Å². The number of hydrogen-bond donors (Lipinski definition) is 0. The van der Waals surface area contributed by atoms with Crippen molar-refractivity contribution >= 4 is 22.8 Å². The number of non-ortho nitro benzene ring substituents is 2. The summed E-state index contributed by atoms with van der Waals surface area (Å²) in [4.78, 5) is 21.2. The smallest absolute Gasteiger partial charge is 0.258 e. The van der Waals surface area contributed by atoms with Crippen molar-refractivity contribution in [2.24, 2.45) is 5.10 Å². The van der Waals surface area contributed by atoms with Crippen LogP contribution in [0.15, 0.2) is 77.9 Å². The maximum Gasteiger partial charge on any atom is 0.269 e. The van der Waals surface area contributed by atoms with Gasteiger partial charge in [-0.25, -0.2) is 0 Å². The highest BCUT2D eigenvalue weighted by Gasteiger charge is 2.30. The second kappa shape index (κ2) is 8.58. The third-order valence-corrected chi connectivity index (χ3v) is 5.63. The predicted octanol–water partition coefficient (Wildman–Crippen LogP) is 5.98. The summed E-state index contributed by atoms with van der Waals surface area (Å²) in [7, 11) is 0. The second-order valence-electron chi connectivity index (χ2n) is 8.01. The summed E-state index contributed by atoms with van der Waals surface area (Å²) in [6.45, 7) is 4.28. The van der Waals surface area contributed by atoms with Gasteiger partial charge in [0.25, 0.3) is 11.4 Å². The first-order valence-corrected chi connectivity index (χ1v) is 10.3. The molecule has 0 radical (unpaired) electrons. The molecule has 1 aliphatic heterocycles. The molecule has 4 rings (SSSR count). The zero-order valence-corrected chi connectivity index (χ0v) is 17.7. The minimum Gasteiger partial charge on any atom is -0.258 e. The molecule has 3 aromatic carbocycles. The monoisotopic (exact) mass is 430 g/mol. The predicted molar refractivity (Wildman–Crippen MR) is 123 cm³/mol. The van der Waals surface area contributed by atoms with Crippen molar-refractivity contribution < 1.29 is 9.85 Å². The highest BCUT2D eigenvalue weighted by atomic mass is 16.6. The van der Waals surface area contributed by atoms with E-state index in [4.69, 9.17) is 5.10 Å². The van der Waals surface area contributed by atoms with Crippen molar-refractivity contribution in [2.45, 2.75) is 32.2 Å². The number of nitrogens with zero attached hydrogens (tertiary/aromatic N) is 4. The first-order chi connectivity index (χ1) is 15.3. The van der Waals surface area contributed by atoms with Crippen LogP contribution < -0.4 is 5.01 Å². The van der Waals surface area contributed by atoms with Crippen molar-refractivity contribution in [3.8, 4) is 0 Å². The van der Waals surface area contributed by atoms with Crippen molar-refractivity contribution in [1.29, 1.82) is 0 Å². The molecule has 8 heteroatoms. The standard InChI is InChI=1S/C24H22N4O4/c1-16(2)17-3-5-19(6-4-17)24-15-23(18-7-9-21(10-8-18)27(29)30)25-26(24)20-11-13-22(14-12-20)28(31)32/h3-14,16,24H,15H2,1-2H3. The van der Waals surface area contributed by atoms with E-state index in [1.807, 2.05) is 5.01 Å². The van der Waals surface area contributed by atoms with Crippen molar-refractivity contribution in [2.75, 3.05) is 5.01 Å². The summed E-state index contributed by atoms with van der Waals surface area (Å²) in [5.41, 5.74) is 4.72. The quantitative estimate of drug-likeness (QED) is 0.353. The van der Waals surface area contributed by atoms with Crippen LogP contribution in [0.5, 0.6) is 0 Å². The molecule has 0 bridgehead atoms. The van der Waals surface area contributed by atoms with E-state index in [0.29, 0.717) is 12.3 Å². The topological polar surface area (TPSA) is 102 Å².